The van der Waals surface area contributed by atoms with Crippen molar-refractivity contribution in [3.8, 4) is 0 Å². The summed E-state index contributed by atoms with van der Waals surface area (Å²) >= 11 is 13.2. The lowest BCUT2D eigenvalue weighted by molar-refractivity contribution is 0.0593. The number of anilines is 1. The van der Waals surface area contributed by atoms with Gasteiger partial charge in [0.2, 0.25) is 0 Å². The summed E-state index contributed by atoms with van der Waals surface area (Å²) in [6.45, 7) is 4.02. The van der Waals surface area contributed by atoms with Crippen molar-refractivity contribution in [1.29, 1.82) is 0 Å². The molecule has 8 nitrogen and oxygen atoms in total. The van der Waals surface area contributed by atoms with Crippen LogP contribution in [0, 0.1) is 6.92 Å². The average molecular weight is 454 g/mol. The number of nitrogens with zero attached hydrogens (tertiary/aromatic N) is 4. The number of aromatic nitrogens is 4. The summed E-state index contributed by atoms with van der Waals surface area (Å²) in [4.78, 5) is 29.3. The first-order valence-corrected chi connectivity index (χ1v) is 10.1. The molecule has 29 heavy (non-hydrogen) atoms. The molecule has 0 aliphatic rings. The van der Waals surface area contributed by atoms with Gasteiger partial charge in [-0.15, -0.1) is 16.4 Å². The molecule has 2 aromatic heterocycles. The van der Waals surface area contributed by atoms with E-state index in [-0.39, 0.29) is 11.4 Å². The summed E-state index contributed by atoms with van der Waals surface area (Å²) in [6.07, 6.45) is 0.594. The number of ether oxygens (including phenoxy) is 1. The zero-order chi connectivity index (χ0) is 21.1. The quantitative estimate of drug-likeness (QED) is 0.566. The summed E-state index contributed by atoms with van der Waals surface area (Å²) in [7, 11) is 1.29. The largest absolute Gasteiger partial charge is 0.464 e. The molecule has 0 fully saturated rings. The summed E-state index contributed by atoms with van der Waals surface area (Å²) in [5, 5.41) is 11.9. The smallest absolute Gasteiger partial charge is 0.357 e. The maximum absolute atomic E-state index is 12.6. The zero-order valence-electron chi connectivity index (χ0n) is 15.8. The molecule has 0 spiro atoms. The lowest BCUT2D eigenvalue weighted by atomic mass is 10.2. The number of hydrogen-bond acceptors (Lipinski definition) is 7. The number of hydrogen-bond donors (Lipinski definition) is 1. The van der Waals surface area contributed by atoms with Crippen molar-refractivity contribution in [3.05, 3.63) is 55.8 Å². The second kappa shape index (κ2) is 8.89. The highest BCUT2D eigenvalue weighted by Gasteiger charge is 2.22. The number of amides is 1. The third-order valence-corrected chi connectivity index (χ3v) is 5.99. The topological polar surface area (TPSA) is 99.0 Å². The standard InChI is InChI=1S/C18H17Cl2N5O3S/c1-4-13-15(17(27)28-3)21-18(29-13)22-16(26)14-9(2)25(24-23-14)8-10-5-6-11(19)12(20)7-10/h5-7H,4,8H2,1-3H3,(H,21,22,26). The van der Waals surface area contributed by atoms with Gasteiger partial charge in [-0.3, -0.25) is 10.1 Å². The van der Waals surface area contributed by atoms with Crippen LogP contribution >= 0.6 is 34.5 Å². The van der Waals surface area contributed by atoms with Crippen molar-refractivity contribution >= 4 is 51.5 Å². The van der Waals surface area contributed by atoms with Crippen LogP contribution < -0.4 is 5.32 Å². The van der Waals surface area contributed by atoms with Gasteiger partial charge in [-0.1, -0.05) is 41.4 Å². The van der Waals surface area contributed by atoms with Gasteiger partial charge in [-0.2, -0.15) is 0 Å². The minimum atomic E-state index is -0.539. The Morgan fingerprint density at radius 2 is 2.00 bits per heavy atom. The van der Waals surface area contributed by atoms with Crippen molar-refractivity contribution in [3.63, 3.8) is 0 Å². The van der Waals surface area contributed by atoms with Crippen molar-refractivity contribution < 1.29 is 14.3 Å². The monoisotopic (exact) mass is 453 g/mol. The fraction of sp³-hybridized carbons (Fsp3) is 0.278. The number of carbonyl (C=O) groups is 2. The van der Waals surface area contributed by atoms with Crippen molar-refractivity contribution in [2.45, 2.75) is 26.8 Å². The van der Waals surface area contributed by atoms with E-state index in [0.29, 0.717) is 33.8 Å². The molecule has 3 rings (SSSR count). The molecule has 1 aromatic carbocycles. The van der Waals surface area contributed by atoms with E-state index < -0.39 is 11.9 Å². The lowest BCUT2D eigenvalue weighted by Crippen LogP contribution is -2.14. The summed E-state index contributed by atoms with van der Waals surface area (Å²) in [6, 6.07) is 5.26. The van der Waals surface area contributed by atoms with Crippen LogP contribution in [0.1, 0.15) is 44.0 Å². The lowest BCUT2D eigenvalue weighted by Gasteiger charge is -2.05. The molecule has 0 radical (unpaired) electrons. The molecule has 152 valence electrons. The Hall–Kier alpha value is -2.49. The molecule has 0 atom stereocenters. The van der Waals surface area contributed by atoms with Gasteiger partial charge >= 0.3 is 5.97 Å². The molecular weight excluding hydrogens is 437 g/mol. The van der Waals surface area contributed by atoms with E-state index in [1.165, 1.54) is 18.4 Å². The van der Waals surface area contributed by atoms with E-state index in [9.17, 15) is 9.59 Å². The number of carbonyl (C=O) groups excluding carboxylic acids is 2. The van der Waals surface area contributed by atoms with E-state index >= 15 is 0 Å². The van der Waals surface area contributed by atoms with Crippen molar-refractivity contribution in [2.75, 3.05) is 12.4 Å². The highest BCUT2D eigenvalue weighted by molar-refractivity contribution is 7.16. The molecule has 1 N–H and O–H groups in total. The minimum Gasteiger partial charge on any atom is -0.464 e. The number of nitrogens with one attached hydrogen (secondary N) is 1. The van der Waals surface area contributed by atoms with Crippen LogP contribution in [0.25, 0.3) is 0 Å². The van der Waals surface area contributed by atoms with E-state index in [1.54, 1.807) is 23.7 Å². The van der Waals surface area contributed by atoms with Crippen LogP contribution in [0.15, 0.2) is 18.2 Å². The zero-order valence-corrected chi connectivity index (χ0v) is 18.2. The third kappa shape index (κ3) is 4.58. The highest BCUT2D eigenvalue weighted by atomic mass is 35.5. The van der Waals surface area contributed by atoms with Gasteiger partial charge < -0.3 is 4.74 Å². The van der Waals surface area contributed by atoms with Gasteiger partial charge in [-0.25, -0.2) is 14.5 Å². The molecule has 0 saturated carbocycles. The second-order valence-electron chi connectivity index (χ2n) is 6.02. The van der Waals surface area contributed by atoms with Crippen molar-refractivity contribution in [1.82, 2.24) is 20.0 Å². The van der Waals surface area contributed by atoms with Crippen LogP contribution in [0.2, 0.25) is 10.0 Å². The first-order chi connectivity index (χ1) is 13.8. The maximum atomic E-state index is 12.6. The maximum Gasteiger partial charge on any atom is 0.357 e. The number of thiazole rings is 1. The molecule has 2 heterocycles. The van der Waals surface area contributed by atoms with Crippen LogP contribution in [-0.2, 0) is 17.7 Å². The Morgan fingerprint density at radius 1 is 1.24 bits per heavy atom. The number of methoxy groups -OCH3 is 1. The number of rotatable bonds is 6. The van der Waals surface area contributed by atoms with Gasteiger partial charge in [0.1, 0.15) is 0 Å². The number of halogens is 2. The van der Waals surface area contributed by atoms with Crippen LogP contribution in [0.5, 0.6) is 0 Å². The van der Waals surface area contributed by atoms with Gasteiger partial charge in [0.25, 0.3) is 5.91 Å². The minimum absolute atomic E-state index is 0.165. The number of aryl methyl sites for hydroxylation is 1. The molecule has 0 unspecified atom stereocenters. The summed E-state index contributed by atoms with van der Waals surface area (Å²) < 4.78 is 6.32. The number of esters is 1. The molecular formula is C18H17Cl2N5O3S. The fourth-order valence-electron chi connectivity index (χ4n) is 2.59. The molecule has 0 aliphatic carbocycles. The Balaban J connectivity index is 1.78. The third-order valence-electron chi connectivity index (χ3n) is 4.13. The van der Waals surface area contributed by atoms with E-state index in [2.05, 4.69) is 20.6 Å². The number of benzene rings is 1. The van der Waals surface area contributed by atoms with E-state index in [4.69, 9.17) is 27.9 Å². The molecule has 0 aliphatic heterocycles. The fourth-order valence-corrected chi connectivity index (χ4v) is 3.79. The average Bonchev–Trinajstić information content (AvgIpc) is 3.27. The van der Waals surface area contributed by atoms with E-state index in [1.807, 2.05) is 13.0 Å². The predicted molar refractivity (Wildman–Crippen MR) is 111 cm³/mol. The normalized spacial score (nSPS) is 10.8. The van der Waals surface area contributed by atoms with Crippen LogP contribution in [0.3, 0.4) is 0 Å². The van der Waals surface area contributed by atoms with Gasteiger partial charge in [0, 0.05) is 4.88 Å². The first-order valence-electron chi connectivity index (χ1n) is 8.57. The van der Waals surface area contributed by atoms with Crippen LogP contribution in [-0.4, -0.2) is 39.0 Å². The Labute approximate surface area is 180 Å². The first kappa shape index (κ1) is 21.2. The van der Waals surface area contributed by atoms with Gasteiger partial charge in [0.15, 0.2) is 16.5 Å². The SMILES string of the molecule is CCc1sc(NC(=O)c2nnn(Cc3ccc(Cl)c(Cl)c3)c2C)nc1C(=O)OC. The Kier molecular flexibility index (Phi) is 6.51. The Bertz CT molecular complexity index is 1080. The van der Waals surface area contributed by atoms with Gasteiger partial charge in [0.05, 0.1) is 29.4 Å². The van der Waals surface area contributed by atoms with Crippen molar-refractivity contribution in [2.24, 2.45) is 0 Å². The molecule has 0 saturated heterocycles. The molecule has 0 bridgehead atoms. The summed E-state index contributed by atoms with van der Waals surface area (Å²) in [5.74, 6) is -1.00. The second-order valence-corrected chi connectivity index (χ2v) is 7.92. The Morgan fingerprint density at radius 3 is 2.66 bits per heavy atom. The van der Waals surface area contributed by atoms with Gasteiger partial charge in [-0.05, 0) is 31.0 Å². The predicted octanol–water partition coefficient (Wildman–Crippen LogP) is 4.00. The molecule has 3 aromatic rings. The van der Waals surface area contributed by atoms with Crippen LogP contribution in [0.4, 0.5) is 5.13 Å². The highest BCUT2D eigenvalue weighted by Crippen LogP contribution is 2.25. The molecule has 1 amide bonds. The molecule has 11 heteroatoms. The van der Waals surface area contributed by atoms with E-state index in [0.717, 1.165) is 10.4 Å². The summed E-state index contributed by atoms with van der Waals surface area (Å²) in [5.41, 5.74) is 1.82.